The van der Waals surface area contributed by atoms with Gasteiger partial charge in [0.05, 0.1) is 19.8 Å². The number of aromatic nitrogens is 3. The number of carbonyl (C=O) groups excluding carboxylic acids is 1. The van der Waals surface area contributed by atoms with Crippen LogP contribution in [0.15, 0.2) is 36.9 Å². The zero-order valence-corrected chi connectivity index (χ0v) is 16.2. The first-order valence-corrected chi connectivity index (χ1v) is 10.5. The molecule has 2 aliphatic rings. The number of ether oxygens (including phenoxy) is 1. The lowest BCUT2D eigenvalue weighted by molar-refractivity contribution is -0.0129. The molecule has 0 spiro atoms. The predicted octanol–water partition coefficient (Wildman–Crippen LogP) is 1.26. The van der Waals surface area contributed by atoms with E-state index in [1.807, 2.05) is 36.0 Å². The average molecular weight is 388 g/mol. The summed E-state index contributed by atoms with van der Waals surface area (Å²) in [6.07, 6.45) is 4.33. The normalized spacial score (nSPS) is 23.4. The molecule has 0 saturated carbocycles. The third-order valence-corrected chi connectivity index (χ3v) is 6.60. The molecule has 1 aromatic heterocycles. The predicted molar refractivity (Wildman–Crippen MR) is 105 cm³/mol. The summed E-state index contributed by atoms with van der Waals surface area (Å²) in [4.78, 5) is 19.1. The van der Waals surface area contributed by atoms with Crippen molar-refractivity contribution in [2.75, 3.05) is 44.4 Å². The molecular formula is C19H25N5O2S. The fraction of sp³-hybridized carbons (Fsp3) is 0.526. The quantitative estimate of drug-likeness (QED) is 0.805. The smallest absolute Gasteiger partial charge is 0.251 e. The molecule has 27 heavy (non-hydrogen) atoms. The molecule has 2 aliphatic heterocycles. The minimum absolute atomic E-state index is 0.00756. The Balaban J connectivity index is 1.36. The first kappa shape index (κ1) is 18.5. The van der Waals surface area contributed by atoms with Crippen LogP contribution in [-0.2, 0) is 11.3 Å². The summed E-state index contributed by atoms with van der Waals surface area (Å²) >= 11 is 1.98. The molecular weight excluding hydrogens is 362 g/mol. The highest BCUT2D eigenvalue weighted by atomic mass is 32.2. The van der Waals surface area contributed by atoms with Crippen molar-refractivity contribution in [3.63, 3.8) is 0 Å². The topological polar surface area (TPSA) is 72.3 Å². The molecule has 4 rings (SSSR count). The van der Waals surface area contributed by atoms with Crippen LogP contribution < -0.4 is 5.32 Å². The van der Waals surface area contributed by atoms with E-state index in [0.29, 0.717) is 18.7 Å². The maximum absolute atomic E-state index is 12.7. The molecule has 1 amide bonds. The molecule has 0 radical (unpaired) electrons. The number of rotatable bonds is 6. The number of amides is 1. The second kappa shape index (κ2) is 8.41. The van der Waals surface area contributed by atoms with E-state index in [-0.39, 0.29) is 11.4 Å². The number of benzene rings is 1. The minimum atomic E-state index is -0.00756. The van der Waals surface area contributed by atoms with Crippen LogP contribution in [0.2, 0.25) is 0 Å². The van der Waals surface area contributed by atoms with E-state index in [0.717, 1.165) is 49.8 Å². The zero-order chi connectivity index (χ0) is 18.5. The molecule has 1 atom stereocenters. The highest BCUT2D eigenvalue weighted by Crippen LogP contribution is 2.33. The van der Waals surface area contributed by atoms with E-state index < -0.39 is 0 Å². The van der Waals surface area contributed by atoms with E-state index in [2.05, 4.69) is 20.3 Å². The molecule has 2 fully saturated rings. The second-order valence-corrected chi connectivity index (χ2v) is 8.20. The van der Waals surface area contributed by atoms with Gasteiger partial charge in [-0.05, 0) is 29.9 Å². The summed E-state index contributed by atoms with van der Waals surface area (Å²) in [6.45, 7) is 4.82. The van der Waals surface area contributed by atoms with Gasteiger partial charge in [0, 0.05) is 36.5 Å². The van der Waals surface area contributed by atoms with Gasteiger partial charge >= 0.3 is 0 Å². The molecule has 1 aromatic carbocycles. The Morgan fingerprint density at radius 1 is 1.26 bits per heavy atom. The molecule has 144 valence electrons. The maximum atomic E-state index is 12.7. The SMILES string of the molecule is O=C(NCC1(N2CCOCC2)CCSC1)c1ccc(Cn2cncn2)cc1. The van der Waals surface area contributed by atoms with Gasteiger partial charge in [0.25, 0.3) is 5.91 Å². The third kappa shape index (κ3) is 4.34. The van der Waals surface area contributed by atoms with Gasteiger partial charge in [0.2, 0.25) is 0 Å². The lowest BCUT2D eigenvalue weighted by atomic mass is 9.95. The van der Waals surface area contributed by atoms with Crippen molar-refractivity contribution in [2.24, 2.45) is 0 Å². The number of nitrogens with one attached hydrogen (secondary N) is 1. The Morgan fingerprint density at radius 3 is 2.74 bits per heavy atom. The Bertz CT molecular complexity index is 738. The van der Waals surface area contributed by atoms with Gasteiger partial charge in [0.1, 0.15) is 12.7 Å². The van der Waals surface area contributed by atoms with E-state index >= 15 is 0 Å². The summed E-state index contributed by atoms with van der Waals surface area (Å²) in [5.41, 5.74) is 1.85. The monoisotopic (exact) mass is 387 g/mol. The summed E-state index contributed by atoms with van der Waals surface area (Å²) < 4.78 is 7.26. The van der Waals surface area contributed by atoms with E-state index in [9.17, 15) is 4.79 Å². The molecule has 0 aliphatic carbocycles. The minimum Gasteiger partial charge on any atom is -0.379 e. The van der Waals surface area contributed by atoms with E-state index in [1.165, 1.54) is 6.33 Å². The van der Waals surface area contributed by atoms with Gasteiger partial charge in [-0.3, -0.25) is 9.69 Å². The summed E-state index contributed by atoms with van der Waals surface area (Å²) in [5, 5.41) is 7.29. The van der Waals surface area contributed by atoms with Crippen LogP contribution in [0, 0.1) is 0 Å². The largest absolute Gasteiger partial charge is 0.379 e. The third-order valence-electron chi connectivity index (χ3n) is 5.37. The number of hydrogen-bond acceptors (Lipinski definition) is 6. The molecule has 8 heteroatoms. The molecule has 2 aromatic rings. The van der Waals surface area contributed by atoms with Crippen molar-refractivity contribution in [3.05, 3.63) is 48.0 Å². The number of thioether (sulfide) groups is 1. The van der Waals surface area contributed by atoms with Crippen molar-refractivity contribution in [1.29, 1.82) is 0 Å². The lowest BCUT2D eigenvalue weighted by Crippen LogP contribution is -2.59. The maximum Gasteiger partial charge on any atom is 0.251 e. The first-order chi connectivity index (χ1) is 13.3. The zero-order valence-electron chi connectivity index (χ0n) is 15.3. The molecule has 1 N–H and O–H groups in total. The van der Waals surface area contributed by atoms with Crippen molar-refractivity contribution >= 4 is 17.7 Å². The molecule has 2 saturated heterocycles. The Morgan fingerprint density at radius 2 is 2.07 bits per heavy atom. The van der Waals surface area contributed by atoms with E-state index in [4.69, 9.17) is 4.74 Å². The Labute approximate surface area is 163 Å². The van der Waals surface area contributed by atoms with Gasteiger partial charge < -0.3 is 10.1 Å². The van der Waals surface area contributed by atoms with Crippen molar-refractivity contribution < 1.29 is 9.53 Å². The lowest BCUT2D eigenvalue weighted by Gasteiger charge is -2.43. The molecule has 3 heterocycles. The summed E-state index contributed by atoms with van der Waals surface area (Å²) in [5.74, 6) is 2.22. The second-order valence-electron chi connectivity index (χ2n) is 7.10. The van der Waals surface area contributed by atoms with Crippen molar-refractivity contribution in [2.45, 2.75) is 18.5 Å². The van der Waals surface area contributed by atoms with Crippen LogP contribution in [0.5, 0.6) is 0 Å². The van der Waals surface area contributed by atoms with Crippen molar-refractivity contribution in [1.82, 2.24) is 25.0 Å². The fourth-order valence-electron chi connectivity index (χ4n) is 3.74. The number of hydrogen-bond donors (Lipinski definition) is 1. The molecule has 0 bridgehead atoms. The summed E-state index contributed by atoms with van der Waals surface area (Å²) in [7, 11) is 0. The highest BCUT2D eigenvalue weighted by molar-refractivity contribution is 7.99. The summed E-state index contributed by atoms with van der Waals surface area (Å²) in [6, 6.07) is 7.71. The van der Waals surface area contributed by atoms with Crippen LogP contribution in [0.3, 0.4) is 0 Å². The van der Waals surface area contributed by atoms with Gasteiger partial charge in [0.15, 0.2) is 0 Å². The van der Waals surface area contributed by atoms with Gasteiger partial charge in [-0.2, -0.15) is 16.9 Å². The van der Waals surface area contributed by atoms with Crippen LogP contribution in [0.4, 0.5) is 0 Å². The van der Waals surface area contributed by atoms with Crippen LogP contribution in [0.25, 0.3) is 0 Å². The van der Waals surface area contributed by atoms with Gasteiger partial charge in [-0.15, -0.1) is 0 Å². The Hall–Kier alpha value is -1.90. The number of nitrogens with zero attached hydrogens (tertiary/aromatic N) is 4. The highest BCUT2D eigenvalue weighted by Gasteiger charge is 2.40. The van der Waals surface area contributed by atoms with Gasteiger partial charge in [-0.25, -0.2) is 9.67 Å². The van der Waals surface area contributed by atoms with Crippen LogP contribution in [-0.4, -0.2) is 75.5 Å². The first-order valence-electron chi connectivity index (χ1n) is 9.35. The molecule has 1 unspecified atom stereocenters. The fourth-order valence-corrected chi connectivity index (χ4v) is 5.22. The Kier molecular flexibility index (Phi) is 5.75. The average Bonchev–Trinajstić information content (AvgIpc) is 3.40. The van der Waals surface area contributed by atoms with Crippen LogP contribution >= 0.6 is 11.8 Å². The number of carbonyl (C=O) groups is 1. The van der Waals surface area contributed by atoms with E-state index in [1.54, 1.807) is 11.0 Å². The van der Waals surface area contributed by atoms with Crippen molar-refractivity contribution in [3.8, 4) is 0 Å². The molecule has 7 nitrogen and oxygen atoms in total. The standard InChI is InChI=1S/C19H25N5O2S/c25-18(17-3-1-16(2-4-17)11-24-15-20-14-22-24)21-12-19(5-10-27-13-19)23-6-8-26-9-7-23/h1-4,14-15H,5-13H2,(H,21,25). The number of morpholine rings is 1. The van der Waals surface area contributed by atoms with Crippen LogP contribution in [0.1, 0.15) is 22.3 Å². The van der Waals surface area contributed by atoms with Gasteiger partial charge in [-0.1, -0.05) is 12.1 Å².